The van der Waals surface area contributed by atoms with Gasteiger partial charge in [-0.3, -0.25) is 14.5 Å². The van der Waals surface area contributed by atoms with Gasteiger partial charge < -0.3 is 5.21 Å². The van der Waals surface area contributed by atoms with Gasteiger partial charge in [0, 0.05) is 51.2 Å². The largest absolute Gasteiger partial charge is 0.313 e. The fourth-order valence-corrected chi connectivity index (χ4v) is 1.46. The van der Waals surface area contributed by atoms with Crippen LogP contribution < -0.4 is 0 Å². The van der Waals surface area contributed by atoms with Crippen molar-refractivity contribution in [1.29, 1.82) is 0 Å². The van der Waals surface area contributed by atoms with Gasteiger partial charge in [0.15, 0.2) is 0 Å². The fourth-order valence-electron chi connectivity index (χ4n) is 1.46. The van der Waals surface area contributed by atoms with Crippen LogP contribution in [0.5, 0.6) is 0 Å². The highest BCUT2D eigenvalue weighted by Crippen LogP contribution is 2.39. The summed E-state index contributed by atoms with van der Waals surface area (Å²) in [7, 11) is 0. The Morgan fingerprint density at radius 2 is 1.72 bits per heavy atom. The quantitative estimate of drug-likeness (QED) is 0.729. The van der Waals surface area contributed by atoms with Crippen molar-refractivity contribution >= 4 is 11.8 Å². The Kier molecular flexibility index (Phi) is 0.750. The zero-order chi connectivity index (χ0) is 28.2. The Bertz CT molecular complexity index is 858. The van der Waals surface area contributed by atoms with E-state index in [4.69, 9.17) is 23.3 Å². The molecule has 2 rings (SSSR count). The number of amides is 2. The van der Waals surface area contributed by atoms with Crippen molar-refractivity contribution in [3.63, 3.8) is 0 Å². The van der Waals surface area contributed by atoms with E-state index >= 15 is 0 Å². The van der Waals surface area contributed by atoms with Gasteiger partial charge >= 0.3 is 0 Å². The van der Waals surface area contributed by atoms with Gasteiger partial charge in [-0.25, -0.2) is 0 Å². The Balaban J connectivity index is 3.41. The first-order chi connectivity index (χ1) is 15.1. The third kappa shape index (κ3) is 1.97. The lowest BCUT2D eigenvalue weighted by Gasteiger charge is -2.52. The van der Waals surface area contributed by atoms with Crippen LogP contribution in [0.15, 0.2) is 12.2 Å². The highest BCUT2D eigenvalue weighted by atomic mass is 16.5. The molecule has 5 nitrogen and oxygen atoms in total. The molecule has 0 aromatic heterocycles. The first-order valence-corrected chi connectivity index (χ1v) is 4.64. The van der Waals surface area contributed by atoms with Crippen molar-refractivity contribution in [3.8, 4) is 0 Å². The average molecular weight is 269 g/mol. The number of hydrogen-bond donors (Lipinski definition) is 1. The second kappa shape index (κ2) is 3.90. The summed E-state index contributed by atoms with van der Waals surface area (Å²) in [4.78, 5) is 24.4. The molecular weight excluding hydrogens is 232 g/mol. The summed E-state index contributed by atoms with van der Waals surface area (Å²) >= 11 is 0. The minimum Gasteiger partial charge on any atom is -0.313 e. The Labute approximate surface area is 131 Å². The summed E-state index contributed by atoms with van der Waals surface area (Å²) in [6.45, 7) is -17.7. The molecule has 18 heavy (non-hydrogen) atoms. The first kappa shape index (κ1) is 3.46. The maximum Gasteiger partial charge on any atom is 0.253 e. The smallest absolute Gasteiger partial charge is 0.253 e. The van der Waals surface area contributed by atoms with Crippen LogP contribution in [-0.2, 0) is 9.59 Å². The van der Waals surface area contributed by atoms with Gasteiger partial charge in [0.25, 0.3) is 11.8 Å². The Morgan fingerprint density at radius 1 is 1.28 bits per heavy atom. The van der Waals surface area contributed by atoms with E-state index in [1.54, 1.807) is 0 Å². The highest BCUT2D eigenvalue weighted by molar-refractivity contribution is 6.13. The molecule has 0 spiro atoms. The van der Waals surface area contributed by atoms with Crippen LogP contribution in [0.4, 0.5) is 0 Å². The average Bonchev–Trinajstić information content (AvgIpc) is 2.86. The number of nitrogens with zero attached hydrogens (tertiary/aromatic N) is 2. The van der Waals surface area contributed by atoms with Crippen LogP contribution in [-0.4, -0.2) is 44.1 Å². The molecule has 0 radical (unpaired) electrons. The summed E-state index contributed by atoms with van der Waals surface area (Å²) in [6.07, 6.45) is -8.39. The highest BCUT2D eigenvalue weighted by Gasteiger charge is 2.48. The van der Waals surface area contributed by atoms with Crippen LogP contribution in [0.2, 0.25) is 0 Å². The predicted molar refractivity (Wildman–Crippen MR) is 65.8 cm³/mol. The number of imide groups is 1. The normalized spacial score (nSPS) is 52.3. The van der Waals surface area contributed by atoms with Gasteiger partial charge in [-0.1, -0.05) is 0 Å². The van der Waals surface area contributed by atoms with E-state index in [0.29, 0.717) is 12.2 Å². The summed E-state index contributed by atoms with van der Waals surface area (Å²) in [5.41, 5.74) is -9.35. The minimum atomic E-state index is -4.67. The van der Waals surface area contributed by atoms with Crippen molar-refractivity contribution in [2.75, 3.05) is 0 Å². The summed E-state index contributed by atoms with van der Waals surface area (Å²) < 4.78 is 137. The molecule has 1 N–H and O–H groups in total. The van der Waals surface area contributed by atoms with Crippen molar-refractivity contribution in [1.82, 2.24) is 9.96 Å². The van der Waals surface area contributed by atoms with Gasteiger partial charge in [0.2, 0.25) is 0 Å². The molecule has 1 saturated heterocycles. The lowest BCUT2D eigenvalue weighted by Crippen LogP contribution is -2.63. The molecule has 0 saturated carbocycles. The molecule has 2 heterocycles. The number of rotatable bonds is 1. The van der Waals surface area contributed by atoms with Crippen LogP contribution >= 0.6 is 0 Å². The molecular formula is C13H20N2O3. The summed E-state index contributed by atoms with van der Waals surface area (Å²) in [5, 5.41) is 9.69. The lowest BCUT2D eigenvalue weighted by molar-refractivity contribution is -0.250. The van der Waals surface area contributed by atoms with Crippen molar-refractivity contribution in [3.05, 3.63) is 12.2 Å². The van der Waals surface area contributed by atoms with Crippen molar-refractivity contribution in [2.45, 2.75) is 57.2 Å². The van der Waals surface area contributed by atoms with Gasteiger partial charge in [-0.2, -0.15) is 5.06 Å². The molecule has 0 aromatic rings. The minimum absolute atomic E-state index is 0.384. The van der Waals surface area contributed by atoms with Gasteiger partial charge in [-0.05, 0) is 40.2 Å². The van der Waals surface area contributed by atoms with Crippen LogP contribution in [0.25, 0.3) is 0 Å². The number of carbonyl (C=O) groups excluding carboxylic acids is 2. The molecule has 1 fully saturated rings. The predicted octanol–water partition coefficient (Wildman–Crippen LogP) is 1.32. The van der Waals surface area contributed by atoms with Gasteiger partial charge in [0.1, 0.15) is 0 Å². The molecule has 100 valence electrons. The molecule has 0 aromatic carbocycles. The first-order valence-electron chi connectivity index (χ1n) is 13.1. The maximum absolute atomic E-state index is 12.5. The third-order valence-corrected chi connectivity index (χ3v) is 2.27. The number of carbonyl (C=O) groups is 2. The van der Waals surface area contributed by atoms with Crippen LogP contribution in [0.1, 0.15) is 63.5 Å². The molecule has 0 unspecified atom stereocenters. The van der Waals surface area contributed by atoms with E-state index in [-0.39, 0.29) is 0 Å². The number of piperidine rings is 1. The fraction of sp³-hybridized carbons (Fsp3) is 0.692. The second-order valence-corrected chi connectivity index (χ2v) is 3.68. The molecule has 2 aliphatic heterocycles. The van der Waals surface area contributed by atoms with E-state index in [9.17, 15) is 14.8 Å². The number of hydroxylamine groups is 2. The molecule has 0 aliphatic carbocycles. The number of hydrogen-bond acceptors (Lipinski definition) is 4. The van der Waals surface area contributed by atoms with E-state index in [2.05, 4.69) is 0 Å². The zero-order valence-corrected chi connectivity index (χ0v) is 8.81. The van der Waals surface area contributed by atoms with E-state index < -0.39 is 79.0 Å². The molecule has 5 heteroatoms. The molecule has 0 bridgehead atoms. The Hall–Kier alpha value is -1.20. The summed E-state index contributed by atoms with van der Waals surface area (Å²) in [5.74, 6) is -3.36. The van der Waals surface area contributed by atoms with Gasteiger partial charge in [-0.15, -0.1) is 0 Å². The lowest BCUT2D eigenvalue weighted by atomic mass is 9.78. The third-order valence-electron chi connectivity index (χ3n) is 2.27. The standard InChI is InChI=1S/C13H20N2O3/c1-12(2)7-9(8-13(3,4)15(12)18)14-10(16)5-6-11(14)17/h5-6,9,18H,7-8H2,1-4H3/i1D3,2D3,3D3,4D3,7D2,8D2,9D. The summed E-state index contributed by atoms with van der Waals surface area (Å²) in [6, 6.07) is -4.48. The van der Waals surface area contributed by atoms with E-state index in [1.165, 1.54) is 0 Å². The van der Waals surface area contributed by atoms with Crippen molar-refractivity contribution < 1.29 is 38.1 Å². The van der Waals surface area contributed by atoms with Crippen molar-refractivity contribution in [2.24, 2.45) is 0 Å². The monoisotopic (exact) mass is 269 g/mol. The topological polar surface area (TPSA) is 60.9 Å². The van der Waals surface area contributed by atoms with Gasteiger partial charge in [0.05, 0.1) is 1.37 Å². The zero-order valence-electron chi connectivity index (χ0n) is 25.8. The molecule has 2 aliphatic rings. The Morgan fingerprint density at radius 3 is 2.11 bits per heavy atom. The van der Waals surface area contributed by atoms with E-state index in [0.717, 1.165) is 0 Å². The SMILES string of the molecule is [2H]C([2H])([2H])C1(C([2H])([2H])[2H])N(O)C(C([2H])([2H])[2H])(C([2H])([2H])[2H])C([2H])([2H])C([2H])(N2C(=O)C=CC2=O)C1([2H])[2H]. The maximum atomic E-state index is 12.5. The van der Waals surface area contributed by atoms with Crippen LogP contribution in [0.3, 0.4) is 0 Å². The molecule has 2 amide bonds. The van der Waals surface area contributed by atoms with Crippen LogP contribution in [0, 0.1) is 0 Å². The van der Waals surface area contributed by atoms with E-state index in [1.807, 2.05) is 0 Å². The molecule has 0 atom stereocenters. The second-order valence-electron chi connectivity index (χ2n) is 3.68.